The lowest BCUT2D eigenvalue weighted by molar-refractivity contribution is -0.142. The minimum atomic E-state index is -5.31. The molecule has 0 saturated heterocycles. The molecule has 0 fully saturated rings. The first-order valence-electron chi connectivity index (χ1n) is 9.10. The van der Waals surface area contributed by atoms with Gasteiger partial charge in [0.1, 0.15) is 28.8 Å². The Morgan fingerprint density at radius 1 is 0.793 bits per heavy atom. The van der Waals surface area contributed by atoms with Crippen molar-refractivity contribution in [1.82, 2.24) is 0 Å². The van der Waals surface area contributed by atoms with Gasteiger partial charge in [-0.15, -0.1) is 0 Å². The van der Waals surface area contributed by atoms with Gasteiger partial charge in [0.15, 0.2) is 0 Å². The molecule has 0 bridgehead atoms. The number of unbranched alkanes of at least 4 members (excludes halogenated alkanes) is 2. The number of aryl methyl sites for hydroxylation is 1. The Kier molecular flexibility index (Phi) is 5.87. The highest BCUT2D eigenvalue weighted by molar-refractivity contribution is 5.89. The Bertz CT molecular complexity index is 1050. The Morgan fingerprint density at radius 2 is 1.52 bits per heavy atom. The summed E-state index contributed by atoms with van der Waals surface area (Å²) < 4.78 is 95.7. The van der Waals surface area contributed by atoms with E-state index in [1.54, 1.807) is 6.07 Å². The summed E-state index contributed by atoms with van der Waals surface area (Å²) in [5, 5.41) is -1.41. The van der Waals surface area contributed by atoms with Crippen molar-refractivity contribution in [3.8, 4) is 11.1 Å². The summed E-state index contributed by atoms with van der Waals surface area (Å²) in [6, 6.07) is 6.63. The molecule has 0 aliphatic heterocycles. The molecule has 154 valence electrons. The van der Waals surface area contributed by atoms with Crippen molar-refractivity contribution in [2.45, 2.75) is 38.8 Å². The molecular formula is C22H17F7. The molecule has 3 rings (SSSR count). The van der Waals surface area contributed by atoms with Gasteiger partial charge in [0.2, 0.25) is 0 Å². The van der Waals surface area contributed by atoms with Gasteiger partial charge in [0, 0.05) is 5.56 Å². The molecule has 0 radical (unpaired) electrons. The molecule has 0 nitrogen and oxygen atoms in total. The molecule has 0 spiro atoms. The van der Waals surface area contributed by atoms with Gasteiger partial charge < -0.3 is 0 Å². The van der Waals surface area contributed by atoms with Crippen LogP contribution >= 0.6 is 0 Å². The van der Waals surface area contributed by atoms with Crippen LogP contribution in [0.4, 0.5) is 30.7 Å². The highest BCUT2D eigenvalue weighted by atomic mass is 19.4. The fourth-order valence-corrected chi connectivity index (χ4v) is 3.35. The first-order chi connectivity index (χ1) is 13.6. The Hall–Kier alpha value is -2.57. The molecule has 7 heteroatoms. The van der Waals surface area contributed by atoms with Crippen LogP contribution in [-0.4, -0.2) is 0 Å². The van der Waals surface area contributed by atoms with Crippen LogP contribution in [0.3, 0.4) is 0 Å². The second kappa shape index (κ2) is 8.05. The molecule has 0 unspecified atom stereocenters. The quantitative estimate of drug-likeness (QED) is 0.295. The predicted molar refractivity (Wildman–Crippen MR) is 97.4 cm³/mol. The van der Waals surface area contributed by atoms with Crippen molar-refractivity contribution < 1.29 is 30.7 Å². The summed E-state index contributed by atoms with van der Waals surface area (Å²) in [6.45, 7) is 2.04. The maximum Gasteiger partial charge on any atom is 0.422 e. The number of benzene rings is 3. The van der Waals surface area contributed by atoms with Crippen molar-refractivity contribution in [3.63, 3.8) is 0 Å². The second-order valence-electron chi connectivity index (χ2n) is 6.87. The van der Waals surface area contributed by atoms with Gasteiger partial charge >= 0.3 is 6.18 Å². The maximum atomic E-state index is 14.5. The molecule has 0 atom stereocenters. The third-order valence-electron chi connectivity index (χ3n) is 4.78. The monoisotopic (exact) mass is 414 g/mol. The fourth-order valence-electron chi connectivity index (χ4n) is 3.35. The van der Waals surface area contributed by atoms with E-state index in [0.717, 1.165) is 37.0 Å². The lowest BCUT2D eigenvalue weighted by Gasteiger charge is -2.13. The lowest BCUT2D eigenvalue weighted by Crippen LogP contribution is -2.12. The smallest absolute Gasteiger partial charge is 0.206 e. The third-order valence-corrected chi connectivity index (χ3v) is 4.78. The first-order valence-corrected chi connectivity index (χ1v) is 9.10. The summed E-state index contributed by atoms with van der Waals surface area (Å²) in [5.74, 6) is -5.85. The maximum absolute atomic E-state index is 14.5. The van der Waals surface area contributed by atoms with Gasteiger partial charge in [-0.25, -0.2) is 17.6 Å². The van der Waals surface area contributed by atoms with Crippen LogP contribution in [0.5, 0.6) is 0 Å². The molecule has 0 amide bonds. The molecule has 0 N–H and O–H groups in total. The summed E-state index contributed by atoms with van der Waals surface area (Å²) in [6.07, 6.45) is -1.74. The van der Waals surface area contributed by atoms with Gasteiger partial charge in [-0.05, 0) is 53.6 Å². The van der Waals surface area contributed by atoms with Crippen molar-refractivity contribution in [2.24, 2.45) is 0 Å². The van der Waals surface area contributed by atoms with Crippen molar-refractivity contribution >= 4 is 10.8 Å². The van der Waals surface area contributed by atoms with Gasteiger partial charge in [-0.2, -0.15) is 13.2 Å². The van der Waals surface area contributed by atoms with Crippen LogP contribution in [0.2, 0.25) is 0 Å². The minimum absolute atomic E-state index is 0.00856. The number of hydrogen-bond acceptors (Lipinski definition) is 0. The largest absolute Gasteiger partial charge is 0.422 e. The van der Waals surface area contributed by atoms with Gasteiger partial charge in [-0.3, -0.25) is 0 Å². The van der Waals surface area contributed by atoms with E-state index >= 15 is 0 Å². The van der Waals surface area contributed by atoms with Crippen LogP contribution in [0, 0.1) is 23.3 Å². The van der Waals surface area contributed by atoms with E-state index in [-0.39, 0.29) is 11.1 Å². The number of alkyl halides is 3. The number of fused-ring (bicyclic) bond motifs is 1. The Morgan fingerprint density at radius 3 is 2.14 bits per heavy atom. The molecule has 0 aromatic heterocycles. The molecule has 0 heterocycles. The van der Waals surface area contributed by atoms with E-state index in [9.17, 15) is 30.7 Å². The highest BCUT2D eigenvalue weighted by Crippen LogP contribution is 2.39. The van der Waals surface area contributed by atoms with E-state index in [1.165, 1.54) is 12.1 Å². The zero-order valence-electron chi connectivity index (χ0n) is 15.4. The molecule has 0 aliphatic rings. The van der Waals surface area contributed by atoms with Crippen molar-refractivity contribution in [2.75, 3.05) is 0 Å². The van der Waals surface area contributed by atoms with Crippen LogP contribution < -0.4 is 0 Å². The summed E-state index contributed by atoms with van der Waals surface area (Å²) in [4.78, 5) is 0. The molecule has 29 heavy (non-hydrogen) atoms. The van der Waals surface area contributed by atoms with Gasteiger partial charge in [0.25, 0.3) is 0 Å². The predicted octanol–water partition coefficient (Wildman–Crippen LogP) is 7.81. The molecular weight excluding hydrogens is 397 g/mol. The summed E-state index contributed by atoms with van der Waals surface area (Å²) >= 11 is 0. The summed E-state index contributed by atoms with van der Waals surface area (Å²) in [5.41, 5.74) is -1.43. The first kappa shape index (κ1) is 21.1. The van der Waals surface area contributed by atoms with E-state index in [1.807, 2.05) is 6.92 Å². The third kappa shape index (κ3) is 4.23. The average Bonchev–Trinajstić information content (AvgIpc) is 2.60. The number of rotatable bonds is 5. The second-order valence-corrected chi connectivity index (χ2v) is 6.87. The number of hydrogen-bond donors (Lipinski definition) is 0. The standard InChI is InChI=1S/C22H17F7/c1-2-3-4-5-12-6-7-15(16(23)8-12)13-9-14-11-18(25)20(22(27,28)29)21(26)19(14)17(24)10-13/h6-11H,2-5H2,1H3. The Balaban J connectivity index is 2.08. The van der Waals surface area contributed by atoms with E-state index in [0.29, 0.717) is 12.5 Å². The van der Waals surface area contributed by atoms with Crippen LogP contribution in [0.1, 0.15) is 37.3 Å². The van der Waals surface area contributed by atoms with Gasteiger partial charge in [0.05, 0.1) is 5.39 Å². The van der Waals surface area contributed by atoms with Crippen molar-refractivity contribution in [3.05, 3.63) is 70.8 Å². The van der Waals surface area contributed by atoms with Gasteiger partial charge in [-0.1, -0.05) is 31.9 Å². The van der Waals surface area contributed by atoms with E-state index < -0.39 is 45.8 Å². The topological polar surface area (TPSA) is 0 Å². The van der Waals surface area contributed by atoms with Crippen LogP contribution in [0.25, 0.3) is 21.9 Å². The SMILES string of the molecule is CCCCCc1ccc(-c2cc(F)c3c(F)c(C(F)(F)F)c(F)cc3c2)c(F)c1. The van der Waals surface area contributed by atoms with E-state index in [2.05, 4.69) is 0 Å². The highest BCUT2D eigenvalue weighted by Gasteiger charge is 2.39. The minimum Gasteiger partial charge on any atom is -0.206 e. The number of halogens is 7. The molecule has 0 saturated carbocycles. The summed E-state index contributed by atoms with van der Waals surface area (Å²) in [7, 11) is 0. The van der Waals surface area contributed by atoms with E-state index in [4.69, 9.17) is 0 Å². The zero-order chi connectivity index (χ0) is 21.3. The molecule has 3 aromatic rings. The van der Waals surface area contributed by atoms with Crippen LogP contribution in [0.15, 0.2) is 36.4 Å². The zero-order valence-corrected chi connectivity index (χ0v) is 15.4. The molecule has 3 aromatic carbocycles. The average molecular weight is 414 g/mol. The normalized spacial score (nSPS) is 12.0. The Labute approximate surface area is 163 Å². The van der Waals surface area contributed by atoms with Crippen LogP contribution in [-0.2, 0) is 12.6 Å². The lowest BCUT2D eigenvalue weighted by atomic mass is 9.96. The fraction of sp³-hybridized carbons (Fsp3) is 0.273. The van der Waals surface area contributed by atoms with Crippen molar-refractivity contribution in [1.29, 1.82) is 0 Å². The molecule has 0 aliphatic carbocycles.